The van der Waals surface area contributed by atoms with Gasteiger partial charge < -0.3 is 10.1 Å². The number of ether oxygens (including phenoxy) is 1. The minimum Gasteiger partial charge on any atom is -0.375 e. The van der Waals surface area contributed by atoms with Crippen LogP contribution in [0.1, 0.15) is 57.1 Å². The number of hydrogen-bond acceptors (Lipinski definition) is 4. The van der Waals surface area contributed by atoms with Crippen molar-refractivity contribution in [1.29, 1.82) is 0 Å². The molecular formula is C22H30F2N2OS. The lowest BCUT2D eigenvalue weighted by Crippen LogP contribution is -2.20. The van der Waals surface area contributed by atoms with E-state index in [4.69, 9.17) is 4.74 Å². The Morgan fingerprint density at radius 1 is 1.11 bits per heavy atom. The molecule has 6 heteroatoms. The Labute approximate surface area is 170 Å². The molecule has 3 rings (SSSR count). The number of unbranched alkanes of at least 4 members (excludes halogenated alkanes) is 3. The van der Waals surface area contributed by atoms with Crippen LogP contribution in [0.5, 0.6) is 0 Å². The second-order valence-corrected chi connectivity index (χ2v) is 8.42. The summed E-state index contributed by atoms with van der Waals surface area (Å²) < 4.78 is 33.3. The Hall–Kier alpha value is -1.37. The number of aromatic nitrogens is 1. The molecule has 0 saturated carbocycles. The molecule has 1 aromatic heterocycles. The van der Waals surface area contributed by atoms with Gasteiger partial charge in [0.25, 0.3) is 0 Å². The summed E-state index contributed by atoms with van der Waals surface area (Å²) in [6, 6.07) is 3.86. The van der Waals surface area contributed by atoms with Crippen LogP contribution in [0.2, 0.25) is 0 Å². The van der Waals surface area contributed by atoms with Gasteiger partial charge in [0, 0.05) is 12.0 Å². The highest BCUT2D eigenvalue weighted by molar-refractivity contribution is 7.13. The van der Waals surface area contributed by atoms with Crippen LogP contribution in [-0.2, 0) is 11.3 Å². The average molecular weight is 409 g/mol. The van der Waals surface area contributed by atoms with Crippen LogP contribution >= 0.6 is 11.3 Å². The van der Waals surface area contributed by atoms with Gasteiger partial charge >= 0.3 is 0 Å². The van der Waals surface area contributed by atoms with Crippen molar-refractivity contribution >= 4 is 11.3 Å². The summed E-state index contributed by atoms with van der Waals surface area (Å²) in [6.07, 6.45) is 10.2. The lowest BCUT2D eigenvalue weighted by molar-refractivity contribution is 0.114. The fourth-order valence-corrected chi connectivity index (χ4v) is 4.55. The number of benzene rings is 1. The monoisotopic (exact) mass is 408 g/mol. The van der Waals surface area contributed by atoms with Gasteiger partial charge in [-0.1, -0.05) is 31.7 Å². The number of rotatable bonds is 10. The fourth-order valence-electron chi connectivity index (χ4n) is 3.70. The second-order valence-electron chi connectivity index (χ2n) is 7.56. The topological polar surface area (TPSA) is 34.1 Å². The molecule has 1 atom stereocenters. The Kier molecular flexibility index (Phi) is 8.83. The smallest absolute Gasteiger partial charge is 0.136 e. The summed E-state index contributed by atoms with van der Waals surface area (Å²) in [5.74, 6) is -0.306. The zero-order valence-electron chi connectivity index (χ0n) is 16.4. The second kappa shape index (κ2) is 11.6. The van der Waals surface area contributed by atoms with Crippen molar-refractivity contribution in [1.82, 2.24) is 10.3 Å². The SMILES string of the molecule is Fc1cccc(F)c1-c1nc(COCCCCCCC2CCCCNC2)cs1. The van der Waals surface area contributed by atoms with Crippen molar-refractivity contribution in [2.75, 3.05) is 19.7 Å². The summed E-state index contributed by atoms with van der Waals surface area (Å²) in [6.45, 7) is 3.46. The minimum atomic E-state index is -0.582. The quantitative estimate of drug-likeness (QED) is 0.494. The predicted molar refractivity (Wildman–Crippen MR) is 110 cm³/mol. The largest absolute Gasteiger partial charge is 0.375 e. The molecule has 28 heavy (non-hydrogen) atoms. The van der Waals surface area contributed by atoms with E-state index in [0.29, 0.717) is 18.2 Å². The first-order valence-electron chi connectivity index (χ1n) is 10.4. The molecule has 1 aliphatic rings. The van der Waals surface area contributed by atoms with Gasteiger partial charge in [-0.2, -0.15) is 0 Å². The maximum Gasteiger partial charge on any atom is 0.136 e. The van der Waals surface area contributed by atoms with Crippen LogP contribution in [-0.4, -0.2) is 24.7 Å². The van der Waals surface area contributed by atoms with Crippen LogP contribution in [0.3, 0.4) is 0 Å². The molecule has 1 aliphatic heterocycles. The van der Waals surface area contributed by atoms with Gasteiger partial charge in [0.05, 0.1) is 17.9 Å². The molecule has 0 spiro atoms. The zero-order valence-corrected chi connectivity index (χ0v) is 17.2. The van der Waals surface area contributed by atoms with Gasteiger partial charge in [-0.15, -0.1) is 11.3 Å². The van der Waals surface area contributed by atoms with E-state index in [1.807, 2.05) is 5.38 Å². The highest BCUT2D eigenvalue weighted by atomic mass is 32.1. The molecule has 1 unspecified atom stereocenters. The third kappa shape index (κ3) is 6.61. The normalized spacial score (nSPS) is 17.6. The Bertz CT molecular complexity index is 694. The zero-order chi connectivity index (χ0) is 19.6. The lowest BCUT2D eigenvalue weighted by atomic mass is 9.96. The predicted octanol–water partition coefficient (Wildman–Crippen LogP) is 5.95. The standard InChI is InChI=1S/C22H30F2N2OS/c23-19-10-7-11-20(24)21(19)22-26-18(16-28-22)15-27-13-6-2-1-3-8-17-9-4-5-12-25-14-17/h7,10-11,16-17,25H,1-6,8-9,12-15H2. The van der Waals surface area contributed by atoms with Crippen LogP contribution in [0.15, 0.2) is 23.6 Å². The molecule has 1 N–H and O–H groups in total. The molecule has 2 heterocycles. The first-order valence-corrected chi connectivity index (χ1v) is 11.3. The van der Waals surface area contributed by atoms with E-state index in [9.17, 15) is 8.78 Å². The maximum atomic E-state index is 13.8. The van der Waals surface area contributed by atoms with Crippen LogP contribution in [0, 0.1) is 17.6 Å². The first-order chi connectivity index (χ1) is 13.7. The molecule has 0 amide bonds. The van der Waals surface area contributed by atoms with Crippen molar-refractivity contribution in [2.45, 2.75) is 58.0 Å². The highest BCUT2D eigenvalue weighted by Crippen LogP contribution is 2.29. The van der Waals surface area contributed by atoms with Crippen molar-refractivity contribution < 1.29 is 13.5 Å². The summed E-state index contributed by atoms with van der Waals surface area (Å²) in [7, 11) is 0. The molecule has 0 aliphatic carbocycles. The van der Waals surface area contributed by atoms with E-state index >= 15 is 0 Å². The molecule has 2 aromatic rings. The number of hydrogen-bond donors (Lipinski definition) is 1. The molecule has 1 aromatic carbocycles. The third-order valence-corrected chi connectivity index (χ3v) is 6.19. The fraction of sp³-hybridized carbons (Fsp3) is 0.591. The number of thiazole rings is 1. The van der Waals surface area contributed by atoms with E-state index in [0.717, 1.165) is 18.0 Å². The van der Waals surface area contributed by atoms with E-state index in [2.05, 4.69) is 10.3 Å². The van der Waals surface area contributed by atoms with Crippen molar-refractivity contribution in [2.24, 2.45) is 5.92 Å². The molecule has 154 valence electrons. The number of nitrogens with zero attached hydrogens (tertiary/aromatic N) is 1. The summed E-state index contributed by atoms with van der Waals surface area (Å²) >= 11 is 1.24. The van der Waals surface area contributed by atoms with Gasteiger partial charge in [-0.25, -0.2) is 13.8 Å². The maximum absolute atomic E-state index is 13.8. The van der Waals surface area contributed by atoms with Crippen LogP contribution in [0.25, 0.3) is 10.6 Å². The van der Waals surface area contributed by atoms with E-state index in [1.165, 1.54) is 87.6 Å². The molecule has 1 saturated heterocycles. The van der Waals surface area contributed by atoms with Gasteiger partial charge in [0.1, 0.15) is 16.6 Å². The van der Waals surface area contributed by atoms with Gasteiger partial charge in [-0.3, -0.25) is 0 Å². The molecule has 0 bridgehead atoms. The van der Waals surface area contributed by atoms with E-state index in [1.54, 1.807) is 0 Å². The molecule has 3 nitrogen and oxygen atoms in total. The summed E-state index contributed by atoms with van der Waals surface area (Å²) in [5.41, 5.74) is 0.672. The number of halogens is 2. The van der Waals surface area contributed by atoms with Crippen molar-refractivity contribution in [3.05, 3.63) is 40.9 Å². The van der Waals surface area contributed by atoms with Crippen molar-refractivity contribution in [3.8, 4) is 10.6 Å². The lowest BCUT2D eigenvalue weighted by Gasteiger charge is -2.13. The Morgan fingerprint density at radius 2 is 1.93 bits per heavy atom. The minimum absolute atomic E-state index is 0.0531. The van der Waals surface area contributed by atoms with Gasteiger partial charge in [-0.05, 0) is 56.8 Å². The highest BCUT2D eigenvalue weighted by Gasteiger charge is 2.15. The Balaban J connectivity index is 1.28. The van der Waals surface area contributed by atoms with Crippen molar-refractivity contribution in [3.63, 3.8) is 0 Å². The number of nitrogens with one attached hydrogen (secondary N) is 1. The molecule has 1 fully saturated rings. The van der Waals surface area contributed by atoms with Gasteiger partial charge in [0.15, 0.2) is 0 Å². The van der Waals surface area contributed by atoms with Crippen LogP contribution < -0.4 is 5.32 Å². The van der Waals surface area contributed by atoms with E-state index < -0.39 is 11.6 Å². The summed E-state index contributed by atoms with van der Waals surface area (Å²) in [4.78, 5) is 4.32. The van der Waals surface area contributed by atoms with Gasteiger partial charge in [0.2, 0.25) is 0 Å². The van der Waals surface area contributed by atoms with E-state index in [-0.39, 0.29) is 5.56 Å². The average Bonchev–Trinajstić information content (AvgIpc) is 2.98. The van der Waals surface area contributed by atoms with Crippen LogP contribution in [0.4, 0.5) is 8.78 Å². The molecule has 0 radical (unpaired) electrons. The molecular weight excluding hydrogens is 378 g/mol. The summed E-state index contributed by atoms with van der Waals surface area (Å²) in [5, 5.41) is 5.70. The third-order valence-electron chi connectivity index (χ3n) is 5.28. The first kappa shape index (κ1) is 21.3. The Morgan fingerprint density at radius 3 is 2.79 bits per heavy atom.